The van der Waals surface area contributed by atoms with Crippen LogP contribution >= 0.6 is 27.9 Å². The van der Waals surface area contributed by atoms with Crippen LogP contribution in [0.1, 0.15) is 29.5 Å². The summed E-state index contributed by atoms with van der Waals surface area (Å²) in [6.07, 6.45) is 3.31. The Morgan fingerprint density at radius 1 is 1.29 bits per heavy atom. The lowest BCUT2D eigenvalue weighted by Crippen LogP contribution is -2.17. The molecule has 0 saturated heterocycles. The molecule has 1 fully saturated rings. The zero-order chi connectivity index (χ0) is 19.3. The van der Waals surface area contributed by atoms with Gasteiger partial charge in [0, 0.05) is 21.0 Å². The highest BCUT2D eigenvalue weighted by atomic mass is 79.9. The summed E-state index contributed by atoms with van der Waals surface area (Å²) in [6, 6.07) is 13.9. The number of ether oxygens (including phenoxy) is 1. The number of nitrogens with zero attached hydrogens (tertiary/aromatic N) is 2. The molecule has 1 aromatic heterocycles. The van der Waals surface area contributed by atoms with Crippen molar-refractivity contribution in [1.82, 2.24) is 5.16 Å². The van der Waals surface area contributed by atoms with Crippen molar-refractivity contribution in [1.29, 1.82) is 5.26 Å². The minimum atomic E-state index is 0.216. The average Bonchev–Trinajstić information content (AvgIpc) is 3.36. The van der Waals surface area contributed by atoms with Crippen LogP contribution in [0.5, 0.6) is 5.75 Å². The van der Waals surface area contributed by atoms with E-state index in [0.29, 0.717) is 11.3 Å². The van der Waals surface area contributed by atoms with E-state index in [0.717, 1.165) is 38.5 Å². The first-order chi connectivity index (χ1) is 13.6. The highest BCUT2D eigenvalue weighted by molar-refractivity contribution is 9.10. The van der Waals surface area contributed by atoms with Crippen LogP contribution in [0, 0.1) is 11.3 Å². The van der Waals surface area contributed by atoms with Gasteiger partial charge < -0.3 is 14.0 Å². The monoisotopic (exact) mass is 453 g/mol. The standard InChI is InChI=1S/C21H16BrN3O2S/c1-26-17-5-2-12(11-23)8-18(17)28-25-20-15-10-21(6-7-21)16-4-3-13(22)9-14(16)19(15)27-24-20/h2-5,8-9H,6-7,10H2,1H3,(H,24,25). The van der Waals surface area contributed by atoms with Crippen molar-refractivity contribution < 1.29 is 9.26 Å². The molecule has 0 aliphatic heterocycles. The van der Waals surface area contributed by atoms with Crippen LogP contribution in [-0.2, 0) is 11.8 Å². The maximum Gasteiger partial charge on any atom is 0.183 e. The molecule has 0 amide bonds. The van der Waals surface area contributed by atoms with Gasteiger partial charge in [-0.05, 0) is 67.1 Å². The van der Waals surface area contributed by atoms with Crippen LogP contribution in [-0.4, -0.2) is 12.3 Å². The van der Waals surface area contributed by atoms with Gasteiger partial charge in [-0.2, -0.15) is 5.26 Å². The second-order valence-electron chi connectivity index (χ2n) is 7.17. The van der Waals surface area contributed by atoms with Gasteiger partial charge >= 0.3 is 0 Å². The summed E-state index contributed by atoms with van der Waals surface area (Å²) in [4.78, 5) is 0.832. The topological polar surface area (TPSA) is 71.1 Å². The van der Waals surface area contributed by atoms with E-state index in [1.165, 1.54) is 30.4 Å². The van der Waals surface area contributed by atoms with Crippen LogP contribution < -0.4 is 9.46 Å². The average molecular weight is 454 g/mol. The van der Waals surface area contributed by atoms with E-state index in [9.17, 15) is 0 Å². The molecule has 0 atom stereocenters. The molecule has 0 radical (unpaired) electrons. The van der Waals surface area contributed by atoms with Gasteiger partial charge in [0.15, 0.2) is 11.6 Å². The number of aromatic nitrogens is 1. The lowest BCUT2D eigenvalue weighted by atomic mass is 9.79. The second kappa shape index (κ2) is 6.57. The molecular formula is C21H16BrN3O2S. The molecule has 28 heavy (non-hydrogen) atoms. The van der Waals surface area contributed by atoms with Gasteiger partial charge in [-0.3, -0.25) is 0 Å². The summed E-state index contributed by atoms with van der Waals surface area (Å²) in [7, 11) is 1.62. The number of anilines is 1. The van der Waals surface area contributed by atoms with Crippen molar-refractivity contribution in [3.8, 4) is 23.1 Å². The highest BCUT2D eigenvalue weighted by Gasteiger charge is 2.50. The predicted octanol–water partition coefficient (Wildman–Crippen LogP) is 5.69. The Kier molecular flexibility index (Phi) is 4.14. The van der Waals surface area contributed by atoms with Crippen LogP contribution in [0.3, 0.4) is 0 Å². The van der Waals surface area contributed by atoms with Crippen LogP contribution in [0.15, 0.2) is 50.3 Å². The minimum Gasteiger partial charge on any atom is -0.496 e. The maximum atomic E-state index is 9.16. The summed E-state index contributed by atoms with van der Waals surface area (Å²) in [5, 5.41) is 13.5. The van der Waals surface area contributed by atoms with Crippen molar-refractivity contribution >= 4 is 33.7 Å². The number of rotatable bonds is 4. The number of fused-ring (bicyclic) bond motifs is 4. The normalized spacial score (nSPS) is 15.5. The molecule has 1 spiro atoms. The molecule has 2 aliphatic carbocycles. The summed E-state index contributed by atoms with van der Waals surface area (Å²) in [6.45, 7) is 0. The minimum absolute atomic E-state index is 0.216. The molecule has 140 valence electrons. The number of nitriles is 1. The fourth-order valence-corrected chi connectivity index (χ4v) is 5.06. The van der Waals surface area contributed by atoms with E-state index < -0.39 is 0 Å². The van der Waals surface area contributed by atoms with Crippen molar-refractivity contribution in [3.05, 3.63) is 57.6 Å². The highest BCUT2D eigenvalue weighted by Crippen LogP contribution is 2.58. The van der Waals surface area contributed by atoms with E-state index in [4.69, 9.17) is 14.5 Å². The van der Waals surface area contributed by atoms with Gasteiger partial charge in [0.2, 0.25) is 0 Å². The van der Waals surface area contributed by atoms with Gasteiger partial charge in [0.25, 0.3) is 0 Å². The molecule has 1 heterocycles. The number of benzene rings is 2. The van der Waals surface area contributed by atoms with Gasteiger partial charge in [-0.25, -0.2) is 0 Å². The smallest absolute Gasteiger partial charge is 0.183 e. The number of nitrogens with one attached hydrogen (secondary N) is 1. The first-order valence-corrected chi connectivity index (χ1v) is 10.5. The molecule has 5 rings (SSSR count). The lowest BCUT2D eigenvalue weighted by molar-refractivity contribution is 0.405. The third kappa shape index (κ3) is 2.79. The predicted molar refractivity (Wildman–Crippen MR) is 111 cm³/mol. The largest absolute Gasteiger partial charge is 0.496 e. The van der Waals surface area contributed by atoms with Crippen molar-refractivity contribution in [2.75, 3.05) is 11.8 Å². The molecular weight excluding hydrogens is 438 g/mol. The van der Waals surface area contributed by atoms with E-state index in [1.807, 2.05) is 0 Å². The lowest BCUT2D eigenvalue weighted by Gasteiger charge is -2.24. The quantitative estimate of drug-likeness (QED) is 0.511. The first kappa shape index (κ1) is 17.7. The SMILES string of the molecule is COc1ccc(C#N)cc1SNc1noc2c1CC1(CC1)c1ccc(Br)cc1-2. The zero-order valence-electron chi connectivity index (χ0n) is 15.1. The van der Waals surface area contributed by atoms with Gasteiger partial charge in [-0.1, -0.05) is 27.2 Å². The number of hydrogen-bond donors (Lipinski definition) is 1. The van der Waals surface area contributed by atoms with Gasteiger partial charge in [-0.15, -0.1) is 0 Å². The number of methoxy groups -OCH3 is 1. The Labute approximate surface area is 175 Å². The third-order valence-electron chi connectivity index (χ3n) is 5.50. The summed E-state index contributed by atoms with van der Waals surface area (Å²) < 4.78 is 15.5. The van der Waals surface area contributed by atoms with Crippen LogP contribution in [0.4, 0.5) is 5.82 Å². The molecule has 5 nitrogen and oxygen atoms in total. The van der Waals surface area contributed by atoms with E-state index in [2.05, 4.69) is 50.1 Å². The van der Waals surface area contributed by atoms with E-state index in [1.54, 1.807) is 25.3 Å². The van der Waals surface area contributed by atoms with Crippen LogP contribution in [0.25, 0.3) is 11.3 Å². The second-order valence-corrected chi connectivity index (χ2v) is 8.93. The Morgan fingerprint density at radius 3 is 2.89 bits per heavy atom. The molecule has 0 unspecified atom stereocenters. The van der Waals surface area contributed by atoms with Crippen molar-refractivity contribution in [3.63, 3.8) is 0 Å². The molecule has 3 aromatic rings. The molecule has 2 aliphatic rings. The van der Waals surface area contributed by atoms with Gasteiger partial charge in [0.1, 0.15) is 5.75 Å². The Hall–Kier alpha value is -2.43. The third-order valence-corrected chi connectivity index (χ3v) is 6.83. The fourth-order valence-electron chi connectivity index (χ4n) is 3.89. The Morgan fingerprint density at radius 2 is 2.14 bits per heavy atom. The van der Waals surface area contributed by atoms with E-state index >= 15 is 0 Å². The summed E-state index contributed by atoms with van der Waals surface area (Å²) in [5.41, 5.74) is 4.41. The first-order valence-electron chi connectivity index (χ1n) is 8.93. The summed E-state index contributed by atoms with van der Waals surface area (Å²) >= 11 is 4.95. The fraction of sp³-hybridized carbons (Fsp3) is 0.238. The molecule has 7 heteroatoms. The van der Waals surface area contributed by atoms with Gasteiger partial charge in [0.05, 0.1) is 23.6 Å². The maximum absolute atomic E-state index is 9.16. The zero-order valence-corrected chi connectivity index (χ0v) is 17.5. The molecule has 1 saturated carbocycles. The molecule has 2 aromatic carbocycles. The Balaban J connectivity index is 1.48. The summed E-state index contributed by atoms with van der Waals surface area (Å²) in [5.74, 6) is 2.29. The van der Waals surface area contributed by atoms with Crippen molar-refractivity contribution in [2.45, 2.75) is 29.6 Å². The Bertz CT molecular complexity index is 1130. The molecule has 0 bridgehead atoms. The number of hydrogen-bond acceptors (Lipinski definition) is 6. The molecule has 1 N–H and O–H groups in total. The van der Waals surface area contributed by atoms with Crippen molar-refractivity contribution in [2.24, 2.45) is 0 Å². The van der Waals surface area contributed by atoms with E-state index in [-0.39, 0.29) is 5.41 Å². The van der Waals surface area contributed by atoms with Crippen LogP contribution in [0.2, 0.25) is 0 Å². The number of halogens is 1.